The van der Waals surface area contributed by atoms with E-state index < -0.39 is 17.7 Å². The SMILES string of the molecule is C[C@@H](N)C(=O)NC1CCN(Cc2ccc(F)c(F)c2)CC1.Cl.Cl. The van der Waals surface area contributed by atoms with Gasteiger partial charge in [0.2, 0.25) is 5.91 Å². The summed E-state index contributed by atoms with van der Waals surface area (Å²) < 4.78 is 26.0. The molecule has 1 aliphatic rings. The van der Waals surface area contributed by atoms with Crippen molar-refractivity contribution in [1.29, 1.82) is 0 Å². The van der Waals surface area contributed by atoms with E-state index in [2.05, 4.69) is 10.2 Å². The molecular weight excluding hydrogens is 347 g/mol. The van der Waals surface area contributed by atoms with E-state index in [-0.39, 0.29) is 36.8 Å². The fourth-order valence-corrected chi connectivity index (χ4v) is 2.46. The number of nitrogens with one attached hydrogen (secondary N) is 1. The highest BCUT2D eigenvalue weighted by Gasteiger charge is 2.21. The van der Waals surface area contributed by atoms with Crippen molar-refractivity contribution in [2.24, 2.45) is 5.73 Å². The van der Waals surface area contributed by atoms with E-state index in [1.807, 2.05) is 0 Å². The van der Waals surface area contributed by atoms with Crippen molar-refractivity contribution in [3.8, 4) is 0 Å². The molecule has 4 nitrogen and oxygen atoms in total. The van der Waals surface area contributed by atoms with Crippen molar-refractivity contribution >= 4 is 30.7 Å². The maximum Gasteiger partial charge on any atom is 0.236 e. The molecule has 1 saturated heterocycles. The molecule has 3 N–H and O–H groups in total. The minimum absolute atomic E-state index is 0. The van der Waals surface area contributed by atoms with Gasteiger partial charge in [0.15, 0.2) is 11.6 Å². The van der Waals surface area contributed by atoms with Gasteiger partial charge in [-0.05, 0) is 37.5 Å². The van der Waals surface area contributed by atoms with Gasteiger partial charge in [-0.2, -0.15) is 0 Å². The largest absolute Gasteiger partial charge is 0.352 e. The zero-order chi connectivity index (χ0) is 15.4. The molecule has 8 heteroatoms. The van der Waals surface area contributed by atoms with Crippen molar-refractivity contribution in [3.05, 3.63) is 35.4 Å². The molecule has 1 atom stereocenters. The first-order valence-corrected chi connectivity index (χ1v) is 7.18. The molecule has 1 aromatic carbocycles. The van der Waals surface area contributed by atoms with Crippen LogP contribution in [-0.4, -0.2) is 36.0 Å². The Morgan fingerprint density at radius 2 is 1.91 bits per heavy atom. The Morgan fingerprint density at radius 1 is 1.30 bits per heavy atom. The van der Waals surface area contributed by atoms with E-state index in [1.54, 1.807) is 13.0 Å². The molecule has 132 valence electrons. The van der Waals surface area contributed by atoms with E-state index in [0.29, 0.717) is 6.54 Å². The van der Waals surface area contributed by atoms with Gasteiger partial charge in [0, 0.05) is 25.7 Å². The maximum absolute atomic E-state index is 13.2. The lowest BCUT2D eigenvalue weighted by molar-refractivity contribution is -0.123. The summed E-state index contributed by atoms with van der Waals surface area (Å²) in [4.78, 5) is 13.7. The Bertz CT molecular complexity index is 509. The minimum Gasteiger partial charge on any atom is -0.352 e. The van der Waals surface area contributed by atoms with Crippen LogP contribution in [0.2, 0.25) is 0 Å². The van der Waals surface area contributed by atoms with E-state index in [4.69, 9.17) is 5.73 Å². The summed E-state index contributed by atoms with van der Waals surface area (Å²) >= 11 is 0. The van der Waals surface area contributed by atoms with E-state index >= 15 is 0 Å². The van der Waals surface area contributed by atoms with E-state index in [0.717, 1.165) is 37.6 Å². The number of amides is 1. The van der Waals surface area contributed by atoms with Crippen LogP contribution in [0.15, 0.2) is 18.2 Å². The van der Waals surface area contributed by atoms with Gasteiger partial charge >= 0.3 is 0 Å². The minimum atomic E-state index is -0.823. The van der Waals surface area contributed by atoms with Gasteiger partial charge in [-0.25, -0.2) is 8.78 Å². The highest BCUT2D eigenvalue weighted by Crippen LogP contribution is 2.15. The topological polar surface area (TPSA) is 58.4 Å². The van der Waals surface area contributed by atoms with Gasteiger partial charge in [0.05, 0.1) is 6.04 Å². The summed E-state index contributed by atoms with van der Waals surface area (Å²) in [6.07, 6.45) is 1.67. The smallest absolute Gasteiger partial charge is 0.236 e. The summed E-state index contributed by atoms with van der Waals surface area (Å²) in [5.74, 6) is -1.77. The highest BCUT2D eigenvalue weighted by atomic mass is 35.5. The Hall–Kier alpha value is -0.950. The zero-order valence-corrected chi connectivity index (χ0v) is 14.6. The second kappa shape index (κ2) is 10.0. The first-order chi connectivity index (χ1) is 9.95. The van der Waals surface area contributed by atoms with Crippen molar-refractivity contribution in [1.82, 2.24) is 10.2 Å². The molecule has 0 aromatic heterocycles. The van der Waals surface area contributed by atoms with Crippen LogP contribution in [0, 0.1) is 11.6 Å². The van der Waals surface area contributed by atoms with Crippen LogP contribution in [0.25, 0.3) is 0 Å². The number of rotatable bonds is 4. The number of benzene rings is 1. The van der Waals surface area contributed by atoms with Crippen LogP contribution in [0.4, 0.5) is 8.78 Å². The third kappa shape index (κ3) is 6.59. The lowest BCUT2D eigenvalue weighted by atomic mass is 10.0. The monoisotopic (exact) mass is 369 g/mol. The third-order valence-electron chi connectivity index (χ3n) is 3.74. The molecule has 0 radical (unpaired) electrons. The number of halogens is 4. The standard InChI is InChI=1S/C15H21F2N3O.2ClH/c1-10(18)15(21)19-12-4-6-20(7-5-12)9-11-2-3-13(16)14(17)8-11;;/h2-3,8,10,12H,4-7,9,18H2,1H3,(H,19,21);2*1H/t10-;;/m1../s1. The summed E-state index contributed by atoms with van der Waals surface area (Å²) in [6.45, 7) is 3.87. The molecule has 1 fully saturated rings. The fraction of sp³-hybridized carbons (Fsp3) is 0.533. The number of carbonyl (C=O) groups is 1. The number of nitrogens with two attached hydrogens (primary N) is 1. The third-order valence-corrected chi connectivity index (χ3v) is 3.74. The predicted molar refractivity (Wildman–Crippen MR) is 90.9 cm³/mol. The lowest BCUT2D eigenvalue weighted by Gasteiger charge is -2.32. The Morgan fingerprint density at radius 3 is 2.43 bits per heavy atom. The molecule has 1 amide bonds. The van der Waals surface area contributed by atoms with Crippen LogP contribution in [0.3, 0.4) is 0 Å². The average molecular weight is 370 g/mol. The molecule has 0 aliphatic carbocycles. The van der Waals surface area contributed by atoms with Gasteiger partial charge in [-0.15, -0.1) is 24.8 Å². The number of hydrogen-bond acceptors (Lipinski definition) is 3. The lowest BCUT2D eigenvalue weighted by Crippen LogP contribution is -2.48. The summed E-state index contributed by atoms with van der Waals surface area (Å²) in [7, 11) is 0. The molecule has 0 saturated carbocycles. The second-order valence-electron chi connectivity index (χ2n) is 5.60. The highest BCUT2D eigenvalue weighted by molar-refractivity contribution is 5.85. The Kier molecular flexibility index (Phi) is 9.61. The fourth-order valence-electron chi connectivity index (χ4n) is 2.46. The molecule has 1 aliphatic heterocycles. The van der Waals surface area contributed by atoms with Gasteiger partial charge in [-0.1, -0.05) is 6.07 Å². The van der Waals surface area contributed by atoms with Crippen molar-refractivity contribution in [3.63, 3.8) is 0 Å². The summed E-state index contributed by atoms with van der Waals surface area (Å²) in [5.41, 5.74) is 6.28. The van der Waals surface area contributed by atoms with Crippen molar-refractivity contribution < 1.29 is 13.6 Å². The number of carbonyl (C=O) groups excluding carboxylic acids is 1. The van der Waals surface area contributed by atoms with Gasteiger partial charge in [0.1, 0.15) is 0 Å². The van der Waals surface area contributed by atoms with Gasteiger partial charge < -0.3 is 11.1 Å². The quantitative estimate of drug-likeness (QED) is 0.855. The maximum atomic E-state index is 13.2. The number of nitrogens with zero attached hydrogens (tertiary/aromatic N) is 1. The molecule has 0 unspecified atom stereocenters. The predicted octanol–water partition coefficient (Wildman–Crippen LogP) is 2.24. The molecule has 1 heterocycles. The Balaban J connectivity index is 0.00000242. The second-order valence-corrected chi connectivity index (χ2v) is 5.60. The van der Waals surface area contributed by atoms with Crippen LogP contribution in [0.5, 0.6) is 0 Å². The van der Waals surface area contributed by atoms with E-state index in [9.17, 15) is 13.6 Å². The number of hydrogen-bond donors (Lipinski definition) is 2. The Labute approximate surface area is 147 Å². The zero-order valence-electron chi connectivity index (χ0n) is 12.9. The van der Waals surface area contributed by atoms with Crippen LogP contribution in [0.1, 0.15) is 25.3 Å². The molecule has 23 heavy (non-hydrogen) atoms. The van der Waals surface area contributed by atoms with Crippen molar-refractivity contribution in [2.75, 3.05) is 13.1 Å². The molecule has 1 aromatic rings. The van der Waals surface area contributed by atoms with E-state index in [1.165, 1.54) is 6.07 Å². The van der Waals surface area contributed by atoms with Crippen LogP contribution < -0.4 is 11.1 Å². The number of piperidine rings is 1. The summed E-state index contributed by atoms with van der Waals surface area (Å²) in [6, 6.07) is 3.64. The van der Waals surface area contributed by atoms with Gasteiger partial charge in [0.25, 0.3) is 0 Å². The summed E-state index contributed by atoms with van der Waals surface area (Å²) in [5, 5.41) is 2.92. The molecule has 0 bridgehead atoms. The molecular formula is C15H23Cl2F2N3O. The first-order valence-electron chi connectivity index (χ1n) is 7.18. The first kappa shape index (κ1) is 22.1. The molecule has 2 rings (SSSR count). The van der Waals surface area contributed by atoms with Crippen molar-refractivity contribution in [2.45, 2.75) is 38.4 Å². The van der Waals surface area contributed by atoms with Crippen LogP contribution >= 0.6 is 24.8 Å². The van der Waals surface area contributed by atoms with Gasteiger partial charge in [-0.3, -0.25) is 9.69 Å². The van der Waals surface area contributed by atoms with Crippen LogP contribution in [-0.2, 0) is 11.3 Å². The normalized spacial score (nSPS) is 16.9. The molecule has 0 spiro atoms. The average Bonchev–Trinajstić information content (AvgIpc) is 2.45. The number of likely N-dealkylation sites (tertiary alicyclic amines) is 1.